The fourth-order valence-corrected chi connectivity index (χ4v) is 2.78. The van der Waals surface area contributed by atoms with Crippen LogP contribution < -0.4 is 0 Å². The van der Waals surface area contributed by atoms with E-state index in [2.05, 4.69) is 16.5 Å². The second-order valence-electron chi connectivity index (χ2n) is 7.40. The van der Waals surface area contributed by atoms with Crippen LogP contribution in [-0.2, 0) is 4.74 Å². The largest absolute Gasteiger partial charge is 0.444 e. The molecule has 0 fully saturated rings. The Morgan fingerprint density at radius 2 is 2.04 bits per heavy atom. The van der Waals surface area contributed by atoms with Crippen molar-refractivity contribution in [3.63, 3.8) is 0 Å². The standard InChI is InChI=1S/C21H24N3O2/c1-15-6-5-7-17(12-15)19-22-13-18(14-23-19)16-8-10-24(11-9-16)20(25)26-21(2,3)4/h5-8,12-14H,1,9-11H2,2-4H3/q+1. The first kappa shape index (κ1) is 18.0. The molecule has 0 radical (unpaired) electrons. The van der Waals surface area contributed by atoms with E-state index in [-0.39, 0.29) is 6.09 Å². The molecule has 0 saturated heterocycles. The van der Waals surface area contributed by atoms with Crippen LogP contribution in [0, 0.1) is 6.42 Å². The Bertz CT molecular complexity index is 796. The summed E-state index contributed by atoms with van der Waals surface area (Å²) in [5.74, 6) is 0.686. The topological polar surface area (TPSA) is 55.3 Å². The summed E-state index contributed by atoms with van der Waals surface area (Å²) in [5.41, 5.74) is 3.56. The highest BCUT2D eigenvalue weighted by molar-refractivity contribution is 5.76. The highest BCUT2D eigenvalue weighted by atomic mass is 16.6. The molecule has 5 nitrogen and oxygen atoms in total. The molecule has 0 saturated carbocycles. The minimum Gasteiger partial charge on any atom is -0.444 e. The van der Waals surface area contributed by atoms with Crippen LogP contribution in [0.2, 0.25) is 0 Å². The number of nitrogens with zero attached hydrogens (tertiary/aromatic N) is 3. The third-order valence-electron chi connectivity index (χ3n) is 4.07. The van der Waals surface area contributed by atoms with Gasteiger partial charge in [-0.3, -0.25) is 0 Å². The zero-order valence-electron chi connectivity index (χ0n) is 15.5. The summed E-state index contributed by atoms with van der Waals surface area (Å²) in [6.45, 7) is 10.7. The van der Waals surface area contributed by atoms with Crippen molar-refractivity contribution in [1.29, 1.82) is 0 Å². The second kappa shape index (κ2) is 7.20. The molecular weight excluding hydrogens is 326 g/mol. The van der Waals surface area contributed by atoms with E-state index in [1.54, 1.807) is 4.90 Å². The van der Waals surface area contributed by atoms with E-state index in [4.69, 9.17) is 4.74 Å². The van der Waals surface area contributed by atoms with Gasteiger partial charge < -0.3 is 9.64 Å². The first-order valence-electron chi connectivity index (χ1n) is 8.73. The Labute approximate surface area is 154 Å². The van der Waals surface area contributed by atoms with Crippen LogP contribution in [0.15, 0.2) is 48.8 Å². The van der Waals surface area contributed by atoms with Gasteiger partial charge in [-0.05, 0) is 32.8 Å². The van der Waals surface area contributed by atoms with E-state index >= 15 is 0 Å². The van der Waals surface area contributed by atoms with Gasteiger partial charge in [0.2, 0.25) is 5.82 Å². The average Bonchev–Trinajstić information content (AvgIpc) is 2.61. The van der Waals surface area contributed by atoms with E-state index in [0.29, 0.717) is 18.9 Å². The van der Waals surface area contributed by atoms with Gasteiger partial charge in [0.25, 0.3) is 0 Å². The maximum atomic E-state index is 12.1. The fourth-order valence-electron chi connectivity index (χ4n) is 2.78. The minimum absolute atomic E-state index is 0.271. The van der Waals surface area contributed by atoms with Gasteiger partial charge in [0, 0.05) is 43.3 Å². The Morgan fingerprint density at radius 1 is 1.31 bits per heavy atom. The third-order valence-corrected chi connectivity index (χ3v) is 4.07. The first-order chi connectivity index (χ1) is 12.3. The van der Waals surface area contributed by atoms with Gasteiger partial charge in [0.1, 0.15) is 11.2 Å². The van der Waals surface area contributed by atoms with Crippen LogP contribution in [0.25, 0.3) is 11.1 Å². The van der Waals surface area contributed by atoms with Crippen molar-refractivity contribution in [2.24, 2.45) is 0 Å². The summed E-state index contributed by atoms with van der Waals surface area (Å²) in [4.78, 5) is 22.8. The predicted molar refractivity (Wildman–Crippen MR) is 103 cm³/mol. The molecule has 0 spiro atoms. The summed E-state index contributed by atoms with van der Waals surface area (Å²) in [7, 11) is 0. The van der Waals surface area contributed by atoms with Crippen LogP contribution in [-0.4, -0.2) is 39.7 Å². The van der Waals surface area contributed by atoms with E-state index in [9.17, 15) is 4.79 Å². The van der Waals surface area contributed by atoms with Crippen molar-refractivity contribution in [2.75, 3.05) is 13.1 Å². The molecule has 5 heteroatoms. The number of amides is 1. The number of carbonyl (C=O) groups excluding carboxylic acids is 1. The fraction of sp³-hybridized carbons (Fsp3) is 0.333. The Kier molecular flexibility index (Phi) is 4.98. The van der Waals surface area contributed by atoms with Crippen molar-refractivity contribution >= 4 is 17.2 Å². The maximum Gasteiger partial charge on any atom is 0.410 e. The minimum atomic E-state index is -0.476. The Balaban J connectivity index is 1.65. The summed E-state index contributed by atoms with van der Waals surface area (Å²) < 4.78 is 5.42. The first-order valence-corrected chi connectivity index (χ1v) is 8.73. The predicted octanol–water partition coefficient (Wildman–Crippen LogP) is 4.21. The molecule has 3 rings (SSSR count). The smallest absolute Gasteiger partial charge is 0.410 e. The lowest BCUT2D eigenvalue weighted by Crippen LogP contribution is -2.39. The van der Waals surface area contributed by atoms with Gasteiger partial charge >= 0.3 is 6.09 Å². The van der Waals surface area contributed by atoms with Crippen LogP contribution >= 0.6 is 0 Å². The number of rotatable bonds is 2. The molecule has 1 amide bonds. The molecule has 2 heterocycles. The summed E-state index contributed by atoms with van der Waals surface area (Å²) >= 11 is 0. The molecule has 1 aromatic heterocycles. The van der Waals surface area contributed by atoms with E-state index in [0.717, 1.165) is 28.7 Å². The van der Waals surface area contributed by atoms with Gasteiger partial charge in [0.05, 0.1) is 18.0 Å². The number of hydrogen-bond acceptors (Lipinski definition) is 4. The molecule has 134 valence electrons. The third kappa shape index (κ3) is 4.42. The highest BCUT2D eigenvalue weighted by Gasteiger charge is 2.24. The molecule has 0 atom stereocenters. The summed E-state index contributed by atoms with van der Waals surface area (Å²) in [6, 6.07) is 0. The molecule has 26 heavy (non-hydrogen) atoms. The zero-order chi connectivity index (χ0) is 18.7. The number of hydrogen-bond donors (Lipinski definition) is 0. The average molecular weight is 350 g/mol. The number of aromatic nitrogens is 2. The molecule has 0 bridgehead atoms. The van der Waals surface area contributed by atoms with Crippen LogP contribution in [0.3, 0.4) is 0 Å². The van der Waals surface area contributed by atoms with Crippen molar-refractivity contribution in [3.05, 3.63) is 66.7 Å². The van der Waals surface area contributed by atoms with Crippen molar-refractivity contribution in [1.82, 2.24) is 14.9 Å². The van der Waals surface area contributed by atoms with E-state index in [1.807, 2.05) is 63.9 Å². The van der Waals surface area contributed by atoms with Gasteiger partial charge in [-0.15, -0.1) is 0 Å². The monoisotopic (exact) mass is 350 g/mol. The van der Waals surface area contributed by atoms with Crippen LogP contribution in [0.1, 0.15) is 38.6 Å². The van der Waals surface area contributed by atoms with Gasteiger partial charge in [-0.1, -0.05) is 12.7 Å². The van der Waals surface area contributed by atoms with Gasteiger partial charge in [-0.2, -0.15) is 9.97 Å². The van der Waals surface area contributed by atoms with Crippen molar-refractivity contribution < 1.29 is 9.53 Å². The van der Waals surface area contributed by atoms with Crippen molar-refractivity contribution in [3.8, 4) is 0 Å². The second-order valence-corrected chi connectivity index (χ2v) is 7.40. The van der Waals surface area contributed by atoms with Crippen LogP contribution in [0.5, 0.6) is 0 Å². The molecular formula is C21H24N3O2+. The molecule has 0 aromatic carbocycles. The van der Waals surface area contributed by atoms with E-state index < -0.39 is 5.60 Å². The number of allylic oxidation sites excluding steroid dienone is 5. The van der Waals surface area contributed by atoms with Crippen molar-refractivity contribution in [2.45, 2.75) is 32.8 Å². The van der Waals surface area contributed by atoms with Gasteiger partial charge in [0.15, 0.2) is 0 Å². The SMILES string of the molecule is C=C1C=C[CH+]C(c2ncc(C3=CCN(C(=O)OC(C)(C)C)CC3)cn2)=C1. The molecule has 1 aliphatic carbocycles. The summed E-state index contributed by atoms with van der Waals surface area (Å²) in [5, 5.41) is 0. The zero-order valence-corrected chi connectivity index (χ0v) is 15.5. The van der Waals surface area contributed by atoms with Gasteiger partial charge in [-0.25, -0.2) is 4.79 Å². The quantitative estimate of drug-likeness (QED) is 0.750. The molecule has 0 N–H and O–H groups in total. The lowest BCUT2D eigenvalue weighted by molar-refractivity contribution is 0.0270. The Hall–Kier alpha value is -2.82. The molecule has 1 aromatic rings. The lowest BCUT2D eigenvalue weighted by Gasteiger charge is -2.29. The maximum absolute atomic E-state index is 12.1. The van der Waals surface area contributed by atoms with E-state index in [1.165, 1.54) is 0 Å². The molecule has 1 aliphatic heterocycles. The lowest BCUT2D eigenvalue weighted by atomic mass is 10.0. The van der Waals surface area contributed by atoms with Crippen LogP contribution in [0.4, 0.5) is 4.79 Å². The highest BCUT2D eigenvalue weighted by Crippen LogP contribution is 2.25. The molecule has 2 aliphatic rings. The summed E-state index contributed by atoms with van der Waals surface area (Å²) in [6.07, 6.45) is 14.0. The Morgan fingerprint density at radius 3 is 2.62 bits per heavy atom. The number of ether oxygens (including phenoxy) is 1. The molecule has 0 unspecified atom stereocenters. The normalized spacial score (nSPS) is 17.3. The number of carbonyl (C=O) groups is 1.